The van der Waals surface area contributed by atoms with E-state index in [1.165, 1.54) is 5.69 Å². The lowest BCUT2D eigenvalue weighted by Crippen LogP contribution is -2.44. The smallest absolute Gasteiger partial charge is 0.159 e. The Kier molecular flexibility index (Phi) is 4.25. The summed E-state index contributed by atoms with van der Waals surface area (Å²) >= 11 is 0. The molecule has 0 atom stereocenters. The first-order chi connectivity index (χ1) is 15.6. The van der Waals surface area contributed by atoms with Crippen molar-refractivity contribution in [2.24, 2.45) is 7.05 Å². The molecule has 0 radical (unpaired) electrons. The molecule has 4 aromatic heterocycles. The summed E-state index contributed by atoms with van der Waals surface area (Å²) in [6.07, 6.45) is 3.68. The minimum absolute atomic E-state index is 0.756. The predicted molar refractivity (Wildman–Crippen MR) is 126 cm³/mol. The largest absolute Gasteiger partial charge is 0.367 e. The summed E-state index contributed by atoms with van der Waals surface area (Å²) in [5.74, 6) is 1.70. The summed E-state index contributed by atoms with van der Waals surface area (Å²) in [4.78, 5) is 22.3. The van der Waals surface area contributed by atoms with Crippen LogP contribution in [0.3, 0.4) is 0 Å². The first kappa shape index (κ1) is 19.0. The van der Waals surface area contributed by atoms with Crippen molar-refractivity contribution in [3.8, 4) is 22.9 Å². The van der Waals surface area contributed by atoms with Crippen LogP contribution in [-0.2, 0) is 7.05 Å². The molecular weight excluding hydrogens is 402 g/mol. The number of para-hydroxylation sites is 1. The van der Waals surface area contributed by atoms with Gasteiger partial charge in [-0.15, -0.1) is 0 Å². The van der Waals surface area contributed by atoms with Crippen molar-refractivity contribution in [3.63, 3.8) is 0 Å². The molecule has 1 aromatic carbocycles. The Bertz CT molecular complexity index is 1430. The molecule has 9 nitrogen and oxygen atoms in total. The third kappa shape index (κ3) is 2.96. The van der Waals surface area contributed by atoms with E-state index in [4.69, 9.17) is 4.98 Å². The molecule has 0 bridgehead atoms. The maximum Gasteiger partial charge on any atom is 0.159 e. The number of aryl methyl sites for hydroxylation is 1. The minimum Gasteiger partial charge on any atom is -0.367 e. The molecule has 9 heteroatoms. The van der Waals surface area contributed by atoms with E-state index in [-0.39, 0.29) is 0 Å². The van der Waals surface area contributed by atoms with Crippen molar-refractivity contribution in [3.05, 3.63) is 42.5 Å². The van der Waals surface area contributed by atoms with Gasteiger partial charge >= 0.3 is 0 Å². The van der Waals surface area contributed by atoms with Crippen LogP contribution in [-0.4, -0.2) is 72.8 Å². The standard InChI is InChI=1S/C23H25N9/c1-14-24-13-20(31(14)3)17-11-15-18(12-25-17)28-29-21(15)23-26-16-5-4-6-19(22(16)27-23)32-9-7-30(2)8-10-32/h4-6,11-13H,7-10H2,1-3H3,(H,26,27)(H,28,29). The highest BCUT2D eigenvalue weighted by molar-refractivity contribution is 5.96. The highest BCUT2D eigenvalue weighted by Gasteiger charge is 2.20. The zero-order chi connectivity index (χ0) is 21.8. The average molecular weight is 428 g/mol. The number of likely N-dealkylation sites (N-methyl/N-ethyl adjacent to an activating group) is 1. The molecule has 1 saturated heterocycles. The number of anilines is 1. The number of benzene rings is 1. The first-order valence-corrected chi connectivity index (χ1v) is 10.8. The molecule has 0 saturated carbocycles. The van der Waals surface area contributed by atoms with Gasteiger partial charge in [-0.1, -0.05) is 6.07 Å². The number of pyridine rings is 1. The summed E-state index contributed by atoms with van der Waals surface area (Å²) < 4.78 is 2.04. The number of aromatic nitrogens is 7. The zero-order valence-electron chi connectivity index (χ0n) is 18.4. The Morgan fingerprint density at radius 1 is 0.969 bits per heavy atom. The third-order valence-electron chi connectivity index (χ3n) is 6.49. The molecule has 1 fully saturated rings. The summed E-state index contributed by atoms with van der Waals surface area (Å²) in [6.45, 7) is 6.10. The Hall–Kier alpha value is -3.72. The number of fused-ring (bicyclic) bond motifs is 2. The number of piperazine rings is 1. The van der Waals surface area contributed by atoms with Crippen LogP contribution >= 0.6 is 0 Å². The topological polar surface area (TPSA) is 94.6 Å². The Balaban J connectivity index is 1.45. The van der Waals surface area contributed by atoms with Gasteiger partial charge in [-0.3, -0.25) is 10.1 Å². The normalized spacial score (nSPS) is 15.3. The van der Waals surface area contributed by atoms with Gasteiger partial charge in [0.05, 0.1) is 40.5 Å². The number of nitrogens with one attached hydrogen (secondary N) is 2. The van der Waals surface area contributed by atoms with Crippen molar-refractivity contribution >= 4 is 27.6 Å². The zero-order valence-corrected chi connectivity index (χ0v) is 18.4. The van der Waals surface area contributed by atoms with Crippen molar-refractivity contribution < 1.29 is 0 Å². The van der Waals surface area contributed by atoms with Crippen molar-refractivity contribution in [1.29, 1.82) is 0 Å². The van der Waals surface area contributed by atoms with Crippen LogP contribution in [0.2, 0.25) is 0 Å². The number of hydrogen-bond acceptors (Lipinski definition) is 6. The monoisotopic (exact) mass is 427 g/mol. The number of aromatic amines is 2. The van der Waals surface area contributed by atoms with Crippen LogP contribution in [0.15, 0.2) is 36.7 Å². The number of nitrogens with zero attached hydrogens (tertiary/aromatic N) is 7. The van der Waals surface area contributed by atoms with E-state index in [1.54, 1.807) is 0 Å². The van der Waals surface area contributed by atoms with Crippen LogP contribution < -0.4 is 4.90 Å². The van der Waals surface area contributed by atoms with Gasteiger partial charge in [0.15, 0.2) is 5.82 Å². The van der Waals surface area contributed by atoms with Gasteiger partial charge in [-0.2, -0.15) is 5.10 Å². The van der Waals surface area contributed by atoms with Gasteiger partial charge in [0.2, 0.25) is 0 Å². The molecule has 0 aliphatic carbocycles. The minimum atomic E-state index is 0.756. The molecule has 0 unspecified atom stereocenters. The fourth-order valence-electron chi connectivity index (χ4n) is 4.41. The number of hydrogen-bond donors (Lipinski definition) is 2. The maximum atomic E-state index is 4.99. The van der Waals surface area contributed by atoms with Crippen LogP contribution in [0.5, 0.6) is 0 Å². The van der Waals surface area contributed by atoms with E-state index in [1.807, 2.05) is 30.9 Å². The Morgan fingerprint density at radius 3 is 2.59 bits per heavy atom. The highest BCUT2D eigenvalue weighted by atomic mass is 15.3. The van der Waals surface area contributed by atoms with Gasteiger partial charge in [-0.05, 0) is 32.2 Å². The number of imidazole rings is 2. The third-order valence-corrected chi connectivity index (χ3v) is 6.49. The summed E-state index contributed by atoms with van der Waals surface area (Å²) in [5.41, 5.74) is 6.68. The molecule has 0 spiro atoms. The molecule has 1 aliphatic heterocycles. The second-order valence-corrected chi connectivity index (χ2v) is 8.49. The molecule has 6 rings (SSSR count). The molecule has 5 aromatic rings. The lowest BCUT2D eigenvalue weighted by molar-refractivity contribution is 0.313. The Labute approximate surface area is 185 Å². The van der Waals surface area contributed by atoms with Crippen LogP contribution in [0.25, 0.3) is 44.8 Å². The molecule has 1 aliphatic rings. The van der Waals surface area contributed by atoms with Crippen LogP contribution in [0.4, 0.5) is 5.69 Å². The van der Waals surface area contributed by atoms with E-state index in [0.717, 1.165) is 76.8 Å². The second kappa shape index (κ2) is 7.16. The summed E-state index contributed by atoms with van der Waals surface area (Å²) in [7, 11) is 4.17. The fourth-order valence-corrected chi connectivity index (χ4v) is 4.41. The number of H-pyrrole nitrogens is 2. The van der Waals surface area contributed by atoms with E-state index < -0.39 is 0 Å². The molecule has 32 heavy (non-hydrogen) atoms. The van der Waals surface area contributed by atoms with E-state index >= 15 is 0 Å². The van der Waals surface area contributed by atoms with E-state index in [2.05, 4.69) is 66.3 Å². The van der Waals surface area contributed by atoms with Crippen LogP contribution in [0, 0.1) is 6.92 Å². The second-order valence-electron chi connectivity index (χ2n) is 8.49. The van der Waals surface area contributed by atoms with Gasteiger partial charge < -0.3 is 19.4 Å². The SMILES string of the molecule is Cc1ncc(-c2cc3c(-c4nc5c(N6CCN(C)CC6)cccc5[nH]4)n[nH]c3cn2)n1C. The lowest BCUT2D eigenvalue weighted by Gasteiger charge is -2.34. The Morgan fingerprint density at radius 2 is 1.81 bits per heavy atom. The van der Waals surface area contributed by atoms with Gasteiger partial charge in [0, 0.05) is 38.6 Å². The maximum absolute atomic E-state index is 4.99. The van der Waals surface area contributed by atoms with Crippen molar-refractivity contribution in [1.82, 2.24) is 39.6 Å². The number of rotatable bonds is 3. The first-order valence-electron chi connectivity index (χ1n) is 10.8. The molecule has 0 amide bonds. The quantitative estimate of drug-likeness (QED) is 0.460. The molecule has 2 N–H and O–H groups in total. The van der Waals surface area contributed by atoms with E-state index in [9.17, 15) is 0 Å². The summed E-state index contributed by atoms with van der Waals surface area (Å²) in [6, 6.07) is 8.38. The summed E-state index contributed by atoms with van der Waals surface area (Å²) in [5, 5.41) is 8.66. The van der Waals surface area contributed by atoms with Crippen molar-refractivity contribution in [2.45, 2.75) is 6.92 Å². The fraction of sp³-hybridized carbons (Fsp3) is 0.304. The van der Waals surface area contributed by atoms with Gasteiger partial charge in [-0.25, -0.2) is 9.97 Å². The van der Waals surface area contributed by atoms with Crippen molar-refractivity contribution in [2.75, 3.05) is 38.1 Å². The van der Waals surface area contributed by atoms with E-state index in [0.29, 0.717) is 0 Å². The molecule has 5 heterocycles. The van der Waals surface area contributed by atoms with Crippen LogP contribution in [0.1, 0.15) is 5.82 Å². The van der Waals surface area contributed by atoms with Gasteiger partial charge in [0.1, 0.15) is 17.0 Å². The predicted octanol–water partition coefficient (Wildman–Crippen LogP) is 2.96. The average Bonchev–Trinajstić information content (AvgIpc) is 3.50. The van der Waals surface area contributed by atoms with Gasteiger partial charge in [0.25, 0.3) is 0 Å². The lowest BCUT2D eigenvalue weighted by atomic mass is 10.2. The molecular formula is C23H25N9. The molecule has 162 valence electrons. The highest BCUT2D eigenvalue weighted by Crippen LogP contribution is 2.32.